The first-order valence-corrected chi connectivity index (χ1v) is 10.2. The van der Waals surface area contributed by atoms with Gasteiger partial charge in [0.1, 0.15) is 10.8 Å². The second kappa shape index (κ2) is 5.88. The first kappa shape index (κ1) is 16.9. The molecule has 1 saturated carbocycles. The number of nitriles is 1. The monoisotopic (exact) mass is 381 g/mol. The number of rotatable bonds is 5. The Bertz CT molecular complexity index is 912. The average molecular weight is 382 g/mol. The summed E-state index contributed by atoms with van der Waals surface area (Å²) in [5.41, 5.74) is 2.66. The van der Waals surface area contributed by atoms with Crippen LogP contribution in [0.2, 0.25) is 0 Å². The van der Waals surface area contributed by atoms with Crippen LogP contribution in [0.1, 0.15) is 30.5 Å². The molecule has 0 amide bonds. The van der Waals surface area contributed by atoms with Crippen molar-refractivity contribution in [3.05, 3.63) is 23.5 Å². The van der Waals surface area contributed by atoms with Gasteiger partial charge in [-0.2, -0.15) is 14.6 Å². The normalized spacial score (nSPS) is 22.0. The number of aromatic nitrogens is 3. The average Bonchev–Trinajstić information content (AvgIpc) is 3.29. The van der Waals surface area contributed by atoms with Gasteiger partial charge >= 0.3 is 0 Å². The molecule has 0 aromatic carbocycles. The van der Waals surface area contributed by atoms with E-state index in [0.29, 0.717) is 17.8 Å². The third-order valence-corrected chi connectivity index (χ3v) is 6.96. The molecular weight excluding hydrogens is 358 g/mol. The van der Waals surface area contributed by atoms with Crippen molar-refractivity contribution in [3.8, 4) is 6.07 Å². The van der Waals surface area contributed by atoms with E-state index in [0.717, 1.165) is 35.2 Å². The molecule has 2 saturated heterocycles. The smallest absolute Gasteiger partial charge is 0.229 e. The molecule has 2 aliphatic heterocycles. The molecule has 5 rings (SSSR count). The van der Waals surface area contributed by atoms with Crippen LogP contribution in [0.25, 0.3) is 0 Å². The second-order valence-electron chi connectivity index (χ2n) is 8.43. The summed E-state index contributed by atoms with van der Waals surface area (Å²) in [6, 6.07) is 4.41. The van der Waals surface area contributed by atoms with E-state index in [2.05, 4.69) is 30.5 Å². The third kappa shape index (κ3) is 2.86. The van der Waals surface area contributed by atoms with Gasteiger partial charge in [-0.15, -0.1) is 0 Å². The van der Waals surface area contributed by atoms with E-state index in [-0.39, 0.29) is 5.54 Å². The number of hydrogen-bond donors (Lipinski definition) is 1. The third-order valence-electron chi connectivity index (χ3n) is 6.17. The Balaban J connectivity index is 1.31. The van der Waals surface area contributed by atoms with Gasteiger partial charge < -0.3 is 10.2 Å². The van der Waals surface area contributed by atoms with Crippen molar-refractivity contribution in [3.63, 3.8) is 0 Å². The zero-order valence-corrected chi connectivity index (χ0v) is 16.5. The largest absolute Gasteiger partial charge is 0.352 e. The van der Waals surface area contributed by atoms with Crippen molar-refractivity contribution < 1.29 is 0 Å². The van der Waals surface area contributed by atoms with Crippen LogP contribution >= 0.6 is 11.5 Å². The van der Waals surface area contributed by atoms with E-state index in [4.69, 9.17) is 4.98 Å². The van der Waals surface area contributed by atoms with Crippen molar-refractivity contribution in [1.82, 2.24) is 19.2 Å². The molecule has 2 aromatic rings. The van der Waals surface area contributed by atoms with Gasteiger partial charge in [-0.3, -0.25) is 4.90 Å². The summed E-state index contributed by atoms with van der Waals surface area (Å²) in [6.45, 7) is 8.09. The summed E-state index contributed by atoms with van der Waals surface area (Å²) in [4.78, 5) is 14.0. The first-order valence-electron chi connectivity index (χ1n) is 9.42. The van der Waals surface area contributed by atoms with E-state index in [1.54, 1.807) is 0 Å². The number of hydrogen-bond acceptors (Lipinski definition) is 8. The standard InChI is InChI=1S/C19H23N7S/c1-13-8-21-17(22-15-7-14(2)24-27-15)23-16(13)25-11-19(12-25,5-6-20)26-9-18(10-26)3-4-18/h7-8H,3-5,9-12H2,1-2H3,(H,21,22,23). The fourth-order valence-electron chi connectivity index (χ4n) is 4.32. The summed E-state index contributed by atoms with van der Waals surface area (Å²) < 4.78 is 4.28. The minimum atomic E-state index is 0.00234. The van der Waals surface area contributed by atoms with Crippen molar-refractivity contribution >= 4 is 28.3 Å². The molecule has 140 valence electrons. The first-order chi connectivity index (χ1) is 13.0. The lowest BCUT2D eigenvalue weighted by Gasteiger charge is -2.61. The van der Waals surface area contributed by atoms with E-state index < -0.39 is 0 Å². The molecule has 1 N–H and O–H groups in total. The summed E-state index contributed by atoms with van der Waals surface area (Å²) in [5, 5.41) is 13.6. The highest BCUT2D eigenvalue weighted by Crippen LogP contribution is 2.56. The Hall–Kier alpha value is -2.24. The zero-order valence-electron chi connectivity index (χ0n) is 15.7. The lowest BCUT2D eigenvalue weighted by atomic mass is 9.79. The molecule has 1 spiro atoms. The number of likely N-dealkylation sites (tertiary alicyclic amines) is 1. The van der Waals surface area contributed by atoms with Crippen molar-refractivity contribution in [1.29, 1.82) is 5.26 Å². The molecule has 0 unspecified atom stereocenters. The molecule has 27 heavy (non-hydrogen) atoms. The Morgan fingerprint density at radius 2 is 2.04 bits per heavy atom. The molecule has 3 fully saturated rings. The lowest BCUT2D eigenvalue weighted by molar-refractivity contribution is -0.0429. The highest BCUT2D eigenvalue weighted by molar-refractivity contribution is 7.10. The van der Waals surface area contributed by atoms with Crippen LogP contribution in [-0.2, 0) is 0 Å². The van der Waals surface area contributed by atoms with E-state index in [1.165, 1.54) is 37.5 Å². The lowest BCUT2D eigenvalue weighted by Crippen LogP contribution is -2.75. The minimum absolute atomic E-state index is 0.00234. The van der Waals surface area contributed by atoms with Crippen LogP contribution in [0.15, 0.2) is 12.3 Å². The Kier molecular flexibility index (Phi) is 3.68. The van der Waals surface area contributed by atoms with Gasteiger partial charge in [-0.25, -0.2) is 4.98 Å². The Morgan fingerprint density at radius 1 is 1.26 bits per heavy atom. The molecule has 0 bridgehead atoms. The minimum Gasteiger partial charge on any atom is -0.352 e. The predicted molar refractivity (Wildman–Crippen MR) is 105 cm³/mol. The molecule has 0 radical (unpaired) electrons. The quantitative estimate of drug-likeness (QED) is 0.853. The zero-order chi connectivity index (χ0) is 18.6. The Morgan fingerprint density at radius 3 is 2.67 bits per heavy atom. The fourth-order valence-corrected chi connectivity index (χ4v) is 4.98. The van der Waals surface area contributed by atoms with Gasteiger partial charge in [-0.05, 0) is 49.7 Å². The topological polar surface area (TPSA) is 81.0 Å². The van der Waals surface area contributed by atoms with Gasteiger partial charge in [0.15, 0.2) is 0 Å². The van der Waals surface area contributed by atoms with Crippen molar-refractivity contribution in [2.75, 3.05) is 36.4 Å². The Labute approximate surface area is 163 Å². The van der Waals surface area contributed by atoms with Crippen molar-refractivity contribution in [2.45, 2.75) is 38.6 Å². The van der Waals surface area contributed by atoms with Gasteiger partial charge in [-0.1, -0.05) is 0 Å². The fraction of sp³-hybridized carbons (Fsp3) is 0.579. The van der Waals surface area contributed by atoms with Crippen LogP contribution in [0.5, 0.6) is 0 Å². The maximum Gasteiger partial charge on any atom is 0.229 e. The van der Waals surface area contributed by atoms with Crippen LogP contribution in [0, 0.1) is 30.6 Å². The maximum atomic E-state index is 9.37. The van der Waals surface area contributed by atoms with Gasteiger partial charge in [0.25, 0.3) is 0 Å². The summed E-state index contributed by atoms with van der Waals surface area (Å²) in [7, 11) is 0. The summed E-state index contributed by atoms with van der Waals surface area (Å²) >= 11 is 1.41. The van der Waals surface area contributed by atoms with Crippen molar-refractivity contribution in [2.24, 2.45) is 5.41 Å². The number of aryl methyl sites for hydroxylation is 2. The van der Waals surface area contributed by atoms with Crippen LogP contribution in [-0.4, -0.2) is 51.0 Å². The highest BCUT2D eigenvalue weighted by Gasteiger charge is 2.60. The van der Waals surface area contributed by atoms with Crippen LogP contribution in [0.3, 0.4) is 0 Å². The summed E-state index contributed by atoms with van der Waals surface area (Å²) in [6.07, 6.45) is 5.19. The van der Waals surface area contributed by atoms with Crippen LogP contribution in [0.4, 0.5) is 16.8 Å². The highest BCUT2D eigenvalue weighted by atomic mass is 32.1. The molecule has 1 aliphatic carbocycles. The molecule has 2 aromatic heterocycles. The molecular formula is C19H23N7S. The molecule has 7 nitrogen and oxygen atoms in total. The van der Waals surface area contributed by atoms with Gasteiger partial charge in [0.05, 0.1) is 23.7 Å². The van der Waals surface area contributed by atoms with Gasteiger partial charge in [0, 0.05) is 37.9 Å². The van der Waals surface area contributed by atoms with Crippen LogP contribution < -0.4 is 10.2 Å². The predicted octanol–water partition coefficient (Wildman–Crippen LogP) is 2.86. The summed E-state index contributed by atoms with van der Waals surface area (Å²) in [5.74, 6) is 1.56. The van der Waals surface area contributed by atoms with Gasteiger partial charge in [0.2, 0.25) is 5.95 Å². The SMILES string of the molecule is Cc1cc(Nc2ncc(C)c(N3CC(CC#N)(N4CC5(CC5)C4)C3)n2)sn1. The second-order valence-corrected chi connectivity index (χ2v) is 9.23. The molecule has 8 heteroatoms. The molecule has 3 aliphatic rings. The molecule has 0 atom stereocenters. The number of nitrogens with zero attached hydrogens (tertiary/aromatic N) is 6. The molecule has 4 heterocycles. The number of nitrogens with one attached hydrogen (secondary N) is 1. The van der Waals surface area contributed by atoms with E-state index in [9.17, 15) is 5.26 Å². The van der Waals surface area contributed by atoms with E-state index in [1.807, 2.05) is 26.1 Å². The maximum absolute atomic E-state index is 9.37. The van der Waals surface area contributed by atoms with E-state index >= 15 is 0 Å². The number of anilines is 3.